The highest BCUT2D eigenvalue weighted by atomic mass is 16.5. The quantitative estimate of drug-likeness (QED) is 0.557. The fourth-order valence-electron chi connectivity index (χ4n) is 3.25. The molecule has 0 spiro atoms. The molecule has 0 radical (unpaired) electrons. The third kappa shape index (κ3) is 5.22. The van der Waals surface area contributed by atoms with Crippen molar-refractivity contribution in [1.29, 1.82) is 0 Å². The third-order valence-corrected chi connectivity index (χ3v) is 4.94. The predicted octanol–water partition coefficient (Wildman–Crippen LogP) is 1.60. The minimum Gasteiger partial charge on any atom is -0.455 e. The van der Waals surface area contributed by atoms with Gasteiger partial charge in [0, 0.05) is 18.5 Å². The van der Waals surface area contributed by atoms with Crippen LogP contribution in [0.4, 0.5) is 0 Å². The van der Waals surface area contributed by atoms with Gasteiger partial charge in [0.15, 0.2) is 6.61 Å². The van der Waals surface area contributed by atoms with Crippen LogP contribution in [0.25, 0.3) is 0 Å². The minimum atomic E-state index is -0.675. The number of ether oxygens (including phenoxy) is 1. The van der Waals surface area contributed by atoms with E-state index in [9.17, 15) is 19.2 Å². The molecule has 30 heavy (non-hydrogen) atoms. The van der Waals surface area contributed by atoms with Crippen LogP contribution >= 0.6 is 0 Å². The topological polar surface area (TPSA) is 105 Å². The van der Waals surface area contributed by atoms with Gasteiger partial charge in [-0.1, -0.05) is 48.5 Å². The van der Waals surface area contributed by atoms with Crippen molar-refractivity contribution in [2.24, 2.45) is 5.92 Å². The molecule has 0 bridgehead atoms. The molecule has 1 aliphatic rings. The smallest absolute Gasteiger partial charge is 0.311 e. The summed E-state index contributed by atoms with van der Waals surface area (Å²) in [4.78, 5) is 50.0. The van der Waals surface area contributed by atoms with E-state index in [1.807, 2.05) is 37.3 Å². The number of hydrogen-bond donors (Lipinski definition) is 2. The van der Waals surface area contributed by atoms with Crippen molar-refractivity contribution in [2.75, 3.05) is 13.2 Å². The number of esters is 1. The Kier molecular flexibility index (Phi) is 6.79. The van der Waals surface area contributed by atoms with Gasteiger partial charge in [0.2, 0.25) is 5.91 Å². The van der Waals surface area contributed by atoms with Crippen LogP contribution in [0.1, 0.15) is 35.3 Å². The number of likely N-dealkylation sites (tertiary alicyclic amines) is 1. The zero-order chi connectivity index (χ0) is 21.5. The minimum absolute atomic E-state index is 0.0440. The summed E-state index contributed by atoms with van der Waals surface area (Å²) in [6.45, 7) is 1.59. The molecule has 2 N–H and O–H groups in total. The first kappa shape index (κ1) is 21.0. The van der Waals surface area contributed by atoms with E-state index >= 15 is 0 Å². The molecule has 2 aromatic carbocycles. The first-order valence-electron chi connectivity index (χ1n) is 9.61. The molecule has 1 aliphatic heterocycles. The summed E-state index contributed by atoms with van der Waals surface area (Å²) >= 11 is 0. The van der Waals surface area contributed by atoms with Crippen LogP contribution < -0.4 is 10.9 Å². The van der Waals surface area contributed by atoms with E-state index in [-0.39, 0.29) is 24.9 Å². The Bertz CT molecular complexity index is 917. The predicted molar refractivity (Wildman–Crippen MR) is 108 cm³/mol. The van der Waals surface area contributed by atoms with Crippen LogP contribution in [-0.4, -0.2) is 41.7 Å². The first-order chi connectivity index (χ1) is 14.5. The van der Waals surface area contributed by atoms with Crippen LogP contribution in [-0.2, 0) is 19.1 Å². The Labute approximate surface area is 174 Å². The van der Waals surface area contributed by atoms with Crippen molar-refractivity contribution < 1.29 is 23.9 Å². The molecule has 8 heteroatoms. The van der Waals surface area contributed by atoms with Crippen molar-refractivity contribution in [3.05, 3.63) is 71.8 Å². The highest BCUT2D eigenvalue weighted by Gasteiger charge is 2.38. The maximum Gasteiger partial charge on any atom is 0.311 e. The summed E-state index contributed by atoms with van der Waals surface area (Å²) in [6, 6.07) is 17.7. The van der Waals surface area contributed by atoms with Crippen molar-refractivity contribution in [2.45, 2.75) is 19.4 Å². The van der Waals surface area contributed by atoms with E-state index in [0.717, 1.165) is 5.56 Å². The van der Waals surface area contributed by atoms with Gasteiger partial charge in [0.05, 0.1) is 12.0 Å². The zero-order valence-electron chi connectivity index (χ0n) is 16.5. The van der Waals surface area contributed by atoms with Gasteiger partial charge in [-0.05, 0) is 24.6 Å². The fourth-order valence-corrected chi connectivity index (χ4v) is 3.25. The average Bonchev–Trinajstić information content (AvgIpc) is 3.18. The van der Waals surface area contributed by atoms with E-state index in [2.05, 4.69) is 10.9 Å². The number of benzene rings is 2. The molecule has 3 rings (SSSR count). The summed E-state index contributed by atoms with van der Waals surface area (Å²) in [5.74, 6) is -2.53. The molecule has 0 aliphatic carbocycles. The first-order valence-corrected chi connectivity index (χ1v) is 9.61. The lowest BCUT2D eigenvalue weighted by atomic mass is 10.1. The molecule has 0 unspecified atom stereocenters. The fraction of sp³-hybridized carbons (Fsp3) is 0.273. The number of carbonyl (C=O) groups excluding carboxylic acids is 4. The number of carbonyl (C=O) groups is 4. The summed E-state index contributed by atoms with van der Waals surface area (Å²) in [6.07, 6.45) is 0.0440. The number of nitrogens with zero attached hydrogens (tertiary/aromatic N) is 1. The Morgan fingerprint density at radius 3 is 2.33 bits per heavy atom. The summed E-state index contributed by atoms with van der Waals surface area (Å²) in [5.41, 5.74) is 5.80. The second kappa shape index (κ2) is 9.69. The molecule has 1 saturated heterocycles. The van der Waals surface area contributed by atoms with Gasteiger partial charge in [-0.25, -0.2) is 0 Å². The van der Waals surface area contributed by atoms with Crippen LogP contribution in [0.3, 0.4) is 0 Å². The maximum absolute atomic E-state index is 12.3. The van der Waals surface area contributed by atoms with Crippen LogP contribution in [0, 0.1) is 5.92 Å². The van der Waals surface area contributed by atoms with Gasteiger partial charge in [-0.15, -0.1) is 0 Å². The Hall–Kier alpha value is -3.68. The van der Waals surface area contributed by atoms with Gasteiger partial charge in [0.25, 0.3) is 11.8 Å². The van der Waals surface area contributed by atoms with Crippen LogP contribution in [0.5, 0.6) is 0 Å². The lowest BCUT2D eigenvalue weighted by Crippen LogP contribution is -2.43. The van der Waals surface area contributed by atoms with E-state index in [4.69, 9.17) is 4.74 Å². The summed E-state index contributed by atoms with van der Waals surface area (Å²) in [5, 5.41) is 0. The molecule has 8 nitrogen and oxygen atoms in total. The van der Waals surface area contributed by atoms with Crippen molar-refractivity contribution in [3.63, 3.8) is 0 Å². The standard InChI is InChI=1S/C22H23N3O5/c1-15(16-8-4-2-5-9-16)25-13-18(12-20(25)27)22(29)30-14-19(26)23-24-21(28)17-10-6-3-7-11-17/h2-11,15,18H,12-14H2,1H3,(H,23,26)(H,24,28)/t15-,18-/m1/s1. The lowest BCUT2D eigenvalue weighted by molar-refractivity contribution is -0.152. The molecule has 3 amide bonds. The van der Waals surface area contributed by atoms with Crippen molar-refractivity contribution in [1.82, 2.24) is 15.8 Å². The lowest BCUT2D eigenvalue weighted by Gasteiger charge is -2.25. The van der Waals surface area contributed by atoms with Crippen molar-refractivity contribution in [3.8, 4) is 0 Å². The van der Waals surface area contributed by atoms with Crippen LogP contribution in [0.15, 0.2) is 60.7 Å². The highest BCUT2D eigenvalue weighted by Crippen LogP contribution is 2.28. The van der Waals surface area contributed by atoms with Gasteiger partial charge < -0.3 is 9.64 Å². The van der Waals surface area contributed by atoms with Gasteiger partial charge in [0.1, 0.15) is 0 Å². The van der Waals surface area contributed by atoms with E-state index in [1.54, 1.807) is 35.2 Å². The number of nitrogens with one attached hydrogen (secondary N) is 2. The number of hydrogen-bond acceptors (Lipinski definition) is 5. The third-order valence-electron chi connectivity index (χ3n) is 4.94. The van der Waals surface area contributed by atoms with Gasteiger partial charge in [-0.2, -0.15) is 0 Å². The molecule has 0 aromatic heterocycles. The average molecular weight is 409 g/mol. The molecule has 1 heterocycles. The molecular weight excluding hydrogens is 386 g/mol. The summed E-state index contributed by atoms with van der Waals surface area (Å²) < 4.78 is 5.03. The molecule has 2 atom stereocenters. The molecule has 0 saturated carbocycles. The Morgan fingerprint density at radius 1 is 1.03 bits per heavy atom. The number of hydrazine groups is 1. The SMILES string of the molecule is C[C@H](c1ccccc1)N1C[C@H](C(=O)OCC(=O)NNC(=O)c2ccccc2)CC1=O. The van der Waals surface area contributed by atoms with Crippen LogP contribution in [0.2, 0.25) is 0 Å². The largest absolute Gasteiger partial charge is 0.455 e. The van der Waals surface area contributed by atoms with E-state index in [1.165, 1.54) is 0 Å². The Balaban J connectivity index is 1.44. The second-order valence-corrected chi connectivity index (χ2v) is 7.01. The maximum atomic E-state index is 12.3. The van der Waals surface area contributed by atoms with Gasteiger partial charge in [-0.3, -0.25) is 30.0 Å². The number of amides is 3. The van der Waals surface area contributed by atoms with E-state index in [0.29, 0.717) is 5.56 Å². The molecule has 1 fully saturated rings. The van der Waals surface area contributed by atoms with Crippen molar-refractivity contribution >= 4 is 23.7 Å². The zero-order valence-corrected chi connectivity index (χ0v) is 16.5. The highest BCUT2D eigenvalue weighted by molar-refractivity contribution is 5.95. The van der Waals surface area contributed by atoms with E-state index < -0.39 is 30.3 Å². The number of rotatable bonds is 6. The monoisotopic (exact) mass is 409 g/mol. The normalized spacial score (nSPS) is 16.6. The molecular formula is C22H23N3O5. The molecule has 156 valence electrons. The molecule has 2 aromatic rings. The van der Waals surface area contributed by atoms with Gasteiger partial charge >= 0.3 is 5.97 Å². The summed E-state index contributed by atoms with van der Waals surface area (Å²) in [7, 11) is 0. The Morgan fingerprint density at radius 2 is 1.67 bits per heavy atom. The second-order valence-electron chi connectivity index (χ2n) is 7.01.